The fraction of sp³-hybridized carbons (Fsp3) is 0.261. The second-order valence-electron chi connectivity index (χ2n) is 7.81. The minimum Gasteiger partial charge on any atom is -0.454 e. The molecule has 0 bridgehead atoms. The van der Waals surface area contributed by atoms with E-state index in [0.717, 1.165) is 22.9 Å². The highest BCUT2D eigenvalue weighted by molar-refractivity contribution is 8.14. The average Bonchev–Trinajstić information content (AvgIpc) is 3.44. The number of amidine groups is 2. The Labute approximate surface area is 199 Å². The summed E-state index contributed by atoms with van der Waals surface area (Å²) in [6.45, 7) is 0.528. The third-order valence-corrected chi connectivity index (χ3v) is 6.42. The molecule has 3 heterocycles. The molecule has 0 saturated carbocycles. The summed E-state index contributed by atoms with van der Waals surface area (Å²) in [6.07, 6.45) is 0.385. The summed E-state index contributed by atoms with van der Waals surface area (Å²) in [5.74, 6) is 0.842. The zero-order valence-electron chi connectivity index (χ0n) is 18.0. The van der Waals surface area contributed by atoms with E-state index >= 15 is 0 Å². The lowest BCUT2D eigenvalue weighted by Gasteiger charge is -2.25. The van der Waals surface area contributed by atoms with Crippen LogP contribution in [0.4, 0.5) is 5.69 Å². The van der Waals surface area contributed by atoms with Crippen molar-refractivity contribution in [2.75, 3.05) is 12.5 Å². The predicted octanol–water partition coefficient (Wildman–Crippen LogP) is 1.69. The highest BCUT2D eigenvalue weighted by Gasteiger charge is 2.41. The van der Waals surface area contributed by atoms with Crippen LogP contribution in [0.25, 0.3) is 0 Å². The Morgan fingerprint density at radius 1 is 1.18 bits per heavy atom. The maximum Gasteiger partial charge on any atom is 0.259 e. The quantitative estimate of drug-likeness (QED) is 0.620. The number of nitrogens with zero attached hydrogens (tertiary/aromatic N) is 3. The molecule has 10 nitrogen and oxygen atoms in total. The van der Waals surface area contributed by atoms with Gasteiger partial charge in [-0.25, -0.2) is 9.89 Å². The molecule has 174 valence electrons. The van der Waals surface area contributed by atoms with Gasteiger partial charge in [-0.15, -0.1) is 0 Å². The van der Waals surface area contributed by atoms with Crippen molar-refractivity contribution in [1.29, 1.82) is 0 Å². The Morgan fingerprint density at radius 3 is 2.85 bits per heavy atom. The third-order valence-electron chi connectivity index (χ3n) is 5.46. The van der Waals surface area contributed by atoms with E-state index in [1.54, 1.807) is 6.07 Å². The zero-order valence-corrected chi connectivity index (χ0v) is 18.8. The van der Waals surface area contributed by atoms with Gasteiger partial charge in [0.15, 0.2) is 16.7 Å². The predicted molar refractivity (Wildman–Crippen MR) is 126 cm³/mol. The Bertz CT molecular complexity index is 1240. The normalized spacial score (nSPS) is 17.6. The molecule has 11 heteroatoms. The van der Waals surface area contributed by atoms with Crippen LogP contribution in [-0.2, 0) is 20.9 Å². The van der Waals surface area contributed by atoms with E-state index in [9.17, 15) is 14.4 Å². The summed E-state index contributed by atoms with van der Waals surface area (Å²) < 4.78 is 10.6. The largest absolute Gasteiger partial charge is 0.454 e. The number of para-hydroxylation sites is 1. The number of amides is 3. The van der Waals surface area contributed by atoms with Gasteiger partial charge in [-0.1, -0.05) is 30.0 Å². The van der Waals surface area contributed by atoms with Gasteiger partial charge < -0.3 is 20.5 Å². The monoisotopic (exact) mass is 479 g/mol. The van der Waals surface area contributed by atoms with Gasteiger partial charge in [-0.3, -0.25) is 19.4 Å². The zero-order chi connectivity index (χ0) is 23.7. The van der Waals surface area contributed by atoms with Crippen LogP contribution >= 0.6 is 11.8 Å². The van der Waals surface area contributed by atoms with Crippen LogP contribution in [0.15, 0.2) is 52.4 Å². The molecule has 1 unspecified atom stereocenters. The van der Waals surface area contributed by atoms with Crippen molar-refractivity contribution in [3.63, 3.8) is 0 Å². The number of nitrogens with one attached hydrogen (secondary N) is 1. The molecule has 2 aromatic rings. The van der Waals surface area contributed by atoms with Gasteiger partial charge in [0.25, 0.3) is 5.91 Å². The van der Waals surface area contributed by atoms with E-state index in [1.807, 2.05) is 36.4 Å². The SMILES string of the molecule is NC(=O)CSC1=Nc2ccccc2C2=NC(CCC(=O)NCc3ccc4c(c3)OCO4)C(=O)N12. The lowest BCUT2D eigenvalue weighted by molar-refractivity contribution is -0.125. The number of aliphatic imine (C=N–C) groups is 2. The fourth-order valence-corrected chi connectivity index (χ4v) is 4.57. The molecule has 34 heavy (non-hydrogen) atoms. The maximum absolute atomic E-state index is 13.1. The summed E-state index contributed by atoms with van der Waals surface area (Å²) in [4.78, 5) is 47.4. The molecule has 0 spiro atoms. The van der Waals surface area contributed by atoms with E-state index in [2.05, 4.69) is 15.3 Å². The molecule has 0 aromatic heterocycles. The number of carbonyl (C=O) groups is 3. The molecule has 3 aliphatic rings. The van der Waals surface area contributed by atoms with Gasteiger partial charge in [0.2, 0.25) is 18.6 Å². The first-order chi connectivity index (χ1) is 16.5. The number of benzene rings is 2. The molecule has 0 fully saturated rings. The highest BCUT2D eigenvalue weighted by atomic mass is 32.2. The summed E-state index contributed by atoms with van der Waals surface area (Å²) in [7, 11) is 0. The number of fused-ring (bicyclic) bond motifs is 4. The van der Waals surface area contributed by atoms with Crippen molar-refractivity contribution in [3.05, 3.63) is 53.6 Å². The van der Waals surface area contributed by atoms with Crippen molar-refractivity contribution in [3.8, 4) is 11.5 Å². The lowest BCUT2D eigenvalue weighted by atomic mass is 10.1. The van der Waals surface area contributed by atoms with Crippen LogP contribution in [-0.4, -0.2) is 52.2 Å². The van der Waals surface area contributed by atoms with Gasteiger partial charge in [0.05, 0.1) is 11.4 Å². The van der Waals surface area contributed by atoms with Crippen LogP contribution in [0, 0.1) is 0 Å². The van der Waals surface area contributed by atoms with Crippen LogP contribution in [0.2, 0.25) is 0 Å². The molecular weight excluding hydrogens is 458 g/mol. The molecule has 5 rings (SSSR count). The average molecular weight is 480 g/mol. The summed E-state index contributed by atoms with van der Waals surface area (Å²) in [5.41, 5.74) is 7.56. The lowest BCUT2D eigenvalue weighted by Crippen LogP contribution is -2.41. The smallest absolute Gasteiger partial charge is 0.259 e. The number of hydrogen-bond donors (Lipinski definition) is 2. The maximum atomic E-state index is 13.1. The summed E-state index contributed by atoms with van der Waals surface area (Å²) >= 11 is 1.09. The number of carbonyl (C=O) groups excluding carboxylic acids is 3. The third kappa shape index (κ3) is 4.34. The van der Waals surface area contributed by atoms with Crippen LogP contribution in [0.1, 0.15) is 24.0 Å². The fourth-order valence-electron chi connectivity index (χ4n) is 3.83. The number of primary amides is 1. The van der Waals surface area contributed by atoms with Crippen molar-refractivity contribution in [2.45, 2.75) is 25.4 Å². The molecule has 0 saturated heterocycles. The van der Waals surface area contributed by atoms with E-state index in [1.165, 1.54) is 4.90 Å². The number of nitrogens with two attached hydrogens (primary N) is 1. The van der Waals surface area contributed by atoms with Crippen molar-refractivity contribution in [1.82, 2.24) is 10.2 Å². The standard InChI is InChI=1S/C23H21N5O5S/c24-19(29)11-34-23-27-15-4-2-1-3-14(15)21-26-16(22(31)28(21)23)6-8-20(30)25-10-13-5-7-17-18(9-13)33-12-32-17/h1-5,7,9,16H,6,8,10-12H2,(H2,24,29)(H,25,30). The first kappa shape index (κ1) is 22.0. The van der Waals surface area contributed by atoms with Gasteiger partial charge in [-0.2, -0.15) is 0 Å². The Hall–Kier alpha value is -3.86. The van der Waals surface area contributed by atoms with Crippen molar-refractivity contribution < 1.29 is 23.9 Å². The van der Waals surface area contributed by atoms with Crippen LogP contribution in [0.5, 0.6) is 11.5 Å². The molecule has 3 aliphatic heterocycles. The van der Waals surface area contributed by atoms with E-state index in [0.29, 0.717) is 34.7 Å². The Kier molecular flexibility index (Phi) is 5.93. The Balaban J connectivity index is 1.23. The second kappa shape index (κ2) is 9.18. The molecule has 0 aliphatic carbocycles. The van der Waals surface area contributed by atoms with Gasteiger partial charge in [-0.05, 0) is 36.2 Å². The highest BCUT2D eigenvalue weighted by Crippen LogP contribution is 2.34. The van der Waals surface area contributed by atoms with Crippen LogP contribution < -0.4 is 20.5 Å². The van der Waals surface area contributed by atoms with Gasteiger partial charge in [0.1, 0.15) is 11.9 Å². The van der Waals surface area contributed by atoms with E-state index in [4.69, 9.17) is 15.2 Å². The first-order valence-electron chi connectivity index (χ1n) is 10.7. The molecule has 3 amide bonds. The summed E-state index contributed by atoms with van der Waals surface area (Å²) in [6, 6.07) is 12.1. The Morgan fingerprint density at radius 2 is 2.00 bits per heavy atom. The molecular formula is C23H21N5O5S. The second-order valence-corrected chi connectivity index (χ2v) is 8.75. The molecule has 2 aromatic carbocycles. The topological polar surface area (TPSA) is 136 Å². The molecule has 3 N–H and O–H groups in total. The number of thioether (sulfide) groups is 1. The number of rotatable bonds is 7. The molecule has 0 radical (unpaired) electrons. The minimum absolute atomic E-state index is 0.00894. The number of hydrogen-bond acceptors (Lipinski definition) is 8. The van der Waals surface area contributed by atoms with E-state index in [-0.39, 0.29) is 37.2 Å². The molecule has 1 atom stereocenters. The number of ether oxygens (including phenoxy) is 2. The summed E-state index contributed by atoms with van der Waals surface area (Å²) in [5, 5.41) is 3.22. The van der Waals surface area contributed by atoms with Gasteiger partial charge in [0, 0.05) is 18.5 Å². The minimum atomic E-state index is -0.711. The van der Waals surface area contributed by atoms with Gasteiger partial charge >= 0.3 is 0 Å². The van der Waals surface area contributed by atoms with Crippen LogP contribution in [0.3, 0.4) is 0 Å². The van der Waals surface area contributed by atoms with Crippen molar-refractivity contribution in [2.24, 2.45) is 15.7 Å². The first-order valence-corrected chi connectivity index (χ1v) is 11.6. The van der Waals surface area contributed by atoms with E-state index < -0.39 is 11.9 Å². The van der Waals surface area contributed by atoms with Crippen molar-refractivity contribution >= 4 is 46.2 Å².